The van der Waals surface area contributed by atoms with Gasteiger partial charge in [0.1, 0.15) is 30.5 Å². The molecule has 0 aliphatic carbocycles. The molecule has 0 atom stereocenters. The number of carbonyl (C=O) groups is 3. The lowest BCUT2D eigenvalue weighted by molar-refractivity contribution is 0.0696. The number of para-hydroxylation sites is 1. The largest absolute Gasteiger partial charge is 0.507 e. The molecule has 0 amide bonds. The Bertz CT molecular complexity index is 2030. The first kappa shape index (κ1) is 30.2. The van der Waals surface area contributed by atoms with E-state index in [1.54, 1.807) is 48.5 Å². The van der Waals surface area contributed by atoms with Crippen molar-refractivity contribution in [3.05, 3.63) is 111 Å². The van der Waals surface area contributed by atoms with E-state index in [1.165, 1.54) is 37.3 Å². The van der Waals surface area contributed by atoms with Gasteiger partial charge in [0, 0.05) is 10.8 Å². The highest BCUT2D eigenvalue weighted by Crippen LogP contribution is 2.35. The van der Waals surface area contributed by atoms with Crippen LogP contribution in [0.3, 0.4) is 0 Å². The third-order valence-corrected chi connectivity index (χ3v) is 6.96. The standard InChI is InChI=1S/C33H25N3O9/c1-19-26(18-38)31(40)36(27-9-5-4-8-25(27)33(42)43)32(41)29(19)35-34-21-10-12-22(13-11-21)44-14-15-45-28-16-20(17-37)30(39)24-7-3-2-6-23(24)28/h2-13,16-18,39-40H,14-15H2,1H3,(H,42,43). The number of hydrogen-bond acceptors (Lipinski definition) is 10. The highest BCUT2D eigenvalue weighted by atomic mass is 16.5. The quantitative estimate of drug-likeness (QED) is 0.0936. The summed E-state index contributed by atoms with van der Waals surface area (Å²) in [4.78, 5) is 48.3. The van der Waals surface area contributed by atoms with Crippen molar-refractivity contribution in [2.45, 2.75) is 6.92 Å². The van der Waals surface area contributed by atoms with E-state index in [9.17, 15) is 34.5 Å². The molecular weight excluding hydrogens is 582 g/mol. The lowest BCUT2D eigenvalue weighted by Crippen LogP contribution is -2.22. The molecule has 0 radical (unpaired) electrons. The summed E-state index contributed by atoms with van der Waals surface area (Å²) in [6.45, 7) is 1.72. The summed E-state index contributed by atoms with van der Waals surface area (Å²) in [5.41, 5.74) is -1.24. The predicted molar refractivity (Wildman–Crippen MR) is 163 cm³/mol. The zero-order chi connectivity index (χ0) is 32.1. The monoisotopic (exact) mass is 607 g/mol. The molecule has 4 aromatic carbocycles. The summed E-state index contributed by atoms with van der Waals surface area (Å²) in [6, 6.07) is 20.4. The average molecular weight is 608 g/mol. The van der Waals surface area contributed by atoms with Crippen molar-refractivity contribution in [3.8, 4) is 28.8 Å². The molecule has 0 aliphatic rings. The van der Waals surface area contributed by atoms with E-state index in [2.05, 4.69) is 10.2 Å². The van der Waals surface area contributed by atoms with Gasteiger partial charge in [-0.2, -0.15) is 5.11 Å². The maximum atomic E-state index is 13.4. The number of aromatic hydroxyl groups is 2. The van der Waals surface area contributed by atoms with Crippen LogP contribution in [0.15, 0.2) is 93.9 Å². The van der Waals surface area contributed by atoms with Crippen molar-refractivity contribution in [3.63, 3.8) is 0 Å². The van der Waals surface area contributed by atoms with Crippen molar-refractivity contribution < 1.29 is 39.2 Å². The SMILES string of the molecule is Cc1c(C=O)c(O)n(-c2ccccc2C(=O)O)c(=O)c1N=Nc1ccc(OCCOc2cc(C=O)c(O)c3ccccc23)cc1. The first-order valence-electron chi connectivity index (χ1n) is 13.5. The number of carboxylic acid groups (broad SMARTS) is 1. The Morgan fingerprint density at radius 2 is 1.53 bits per heavy atom. The van der Waals surface area contributed by atoms with Crippen molar-refractivity contribution in [1.82, 2.24) is 4.57 Å². The van der Waals surface area contributed by atoms with E-state index < -0.39 is 17.4 Å². The average Bonchev–Trinajstić information content (AvgIpc) is 3.05. The van der Waals surface area contributed by atoms with Gasteiger partial charge in [0.05, 0.1) is 28.1 Å². The molecular formula is C33H25N3O9. The van der Waals surface area contributed by atoms with Gasteiger partial charge in [-0.05, 0) is 55.0 Å². The molecule has 0 unspecified atom stereocenters. The van der Waals surface area contributed by atoms with Crippen LogP contribution in [0, 0.1) is 6.92 Å². The Morgan fingerprint density at radius 3 is 2.22 bits per heavy atom. The minimum atomic E-state index is -1.33. The van der Waals surface area contributed by atoms with Crippen LogP contribution in [0.4, 0.5) is 11.4 Å². The van der Waals surface area contributed by atoms with Gasteiger partial charge >= 0.3 is 5.97 Å². The van der Waals surface area contributed by atoms with Gasteiger partial charge < -0.3 is 24.8 Å². The summed E-state index contributed by atoms with van der Waals surface area (Å²) in [5.74, 6) is -1.24. The Balaban J connectivity index is 1.32. The van der Waals surface area contributed by atoms with Crippen LogP contribution in [-0.4, -0.2) is 51.6 Å². The topological polar surface area (TPSA) is 177 Å². The number of fused-ring (bicyclic) bond motifs is 1. The maximum absolute atomic E-state index is 13.4. The number of carboxylic acids is 1. The van der Waals surface area contributed by atoms with E-state index in [-0.39, 0.29) is 52.6 Å². The van der Waals surface area contributed by atoms with Gasteiger partial charge in [0.25, 0.3) is 5.56 Å². The summed E-state index contributed by atoms with van der Waals surface area (Å²) in [7, 11) is 0. The van der Waals surface area contributed by atoms with Gasteiger partial charge in [-0.3, -0.25) is 14.4 Å². The van der Waals surface area contributed by atoms with Gasteiger partial charge in [-0.15, -0.1) is 5.11 Å². The smallest absolute Gasteiger partial charge is 0.337 e. The molecule has 0 spiro atoms. The first-order valence-corrected chi connectivity index (χ1v) is 13.5. The predicted octanol–water partition coefficient (Wildman–Crippen LogP) is 5.91. The summed E-state index contributed by atoms with van der Waals surface area (Å²) < 4.78 is 12.3. The van der Waals surface area contributed by atoms with E-state index in [4.69, 9.17) is 9.47 Å². The number of phenolic OH excluding ortho intramolecular Hbond substituents is 1. The van der Waals surface area contributed by atoms with Crippen LogP contribution < -0.4 is 15.0 Å². The summed E-state index contributed by atoms with van der Waals surface area (Å²) >= 11 is 0. The zero-order valence-corrected chi connectivity index (χ0v) is 23.7. The number of pyridine rings is 1. The number of aromatic nitrogens is 1. The molecule has 226 valence electrons. The van der Waals surface area contributed by atoms with Crippen molar-refractivity contribution >= 4 is 40.7 Å². The van der Waals surface area contributed by atoms with Crippen molar-refractivity contribution in [1.29, 1.82) is 0 Å². The number of aldehydes is 2. The molecule has 0 fully saturated rings. The van der Waals surface area contributed by atoms with E-state index in [1.807, 2.05) is 0 Å². The highest BCUT2D eigenvalue weighted by molar-refractivity contribution is 5.99. The molecule has 12 heteroatoms. The van der Waals surface area contributed by atoms with Crippen LogP contribution in [0.25, 0.3) is 16.5 Å². The van der Waals surface area contributed by atoms with Crippen LogP contribution in [0.1, 0.15) is 36.6 Å². The van der Waals surface area contributed by atoms with Gasteiger partial charge in [0.15, 0.2) is 18.3 Å². The zero-order valence-electron chi connectivity index (χ0n) is 23.7. The molecule has 0 bridgehead atoms. The number of ether oxygens (including phenoxy) is 2. The normalized spacial score (nSPS) is 11.0. The van der Waals surface area contributed by atoms with E-state index in [0.29, 0.717) is 45.1 Å². The van der Waals surface area contributed by atoms with Crippen LogP contribution in [0.2, 0.25) is 0 Å². The fraction of sp³-hybridized carbons (Fsp3) is 0.0909. The maximum Gasteiger partial charge on any atom is 0.337 e. The molecule has 1 heterocycles. The molecule has 12 nitrogen and oxygen atoms in total. The van der Waals surface area contributed by atoms with E-state index >= 15 is 0 Å². The lowest BCUT2D eigenvalue weighted by Gasteiger charge is -2.15. The summed E-state index contributed by atoms with van der Waals surface area (Å²) in [6.07, 6.45) is 0.909. The summed E-state index contributed by atoms with van der Waals surface area (Å²) in [5, 5.41) is 39.8. The van der Waals surface area contributed by atoms with Gasteiger partial charge in [-0.25, -0.2) is 9.36 Å². The minimum absolute atomic E-state index is 0.0712. The third kappa shape index (κ3) is 5.97. The number of nitrogens with zero attached hydrogens (tertiary/aromatic N) is 3. The van der Waals surface area contributed by atoms with Gasteiger partial charge in [-0.1, -0.05) is 36.4 Å². The Labute approximate surface area is 255 Å². The molecule has 5 rings (SSSR count). The number of azo groups is 1. The second-order valence-corrected chi connectivity index (χ2v) is 9.66. The third-order valence-electron chi connectivity index (χ3n) is 6.96. The molecule has 45 heavy (non-hydrogen) atoms. The van der Waals surface area contributed by atoms with Crippen LogP contribution in [-0.2, 0) is 0 Å². The van der Waals surface area contributed by atoms with Crippen LogP contribution in [0.5, 0.6) is 23.1 Å². The Hall–Kier alpha value is -6.30. The Morgan fingerprint density at radius 1 is 0.867 bits per heavy atom. The van der Waals surface area contributed by atoms with Crippen molar-refractivity contribution in [2.24, 2.45) is 10.2 Å². The number of rotatable bonds is 11. The number of benzene rings is 4. The second kappa shape index (κ2) is 12.9. The highest BCUT2D eigenvalue weighted by Gasteiger charge is 2.23. The van der Waals surface area contributed by atoms with Gasteiger partial charge in [0.2, 0.25) is 5.88 Å². The molecule has 0 aliphatic heterocycles. The molecule has 3 N–H and O–H groups in total. The Kier molecular flexibility index (Phi) is 8.66. The number of hydrogen-bond donors (Lipinski definition) is 3. The molecule has 5 aromatic rings. The fourth-order valence-electron chi connectivity index (χ4n) is 4.69. The van der Waals surface area contributed by atoms with Crippen molar-refractivity contribution in [2.75, 3.05) is 13.2 Å². The second-order valence-electron chi connectivity index (χ2n) is 9.66. The minimum Gasteiger partial charge on any atom is -0.507 e. The number of phenols is 1. The first-order chi connectivity index (χ1) is 21.7. The molecule has 0 saturated heterocycles. The lowest BCUT2D eigenvalue weighted by atomic mass is 10.0. The molecule has 0 saturated carbocycles. The number of aromatic carboxylic acids is 1. The fourth-order valence-corrected chi connectivity index (χ4v) is 4.69. The van der Waals surface area contributed by atoms with Crippen LogP contribution >= 0.6 is 0 Å². The molecule has 1 aromatic heterocycles. The van der Waals surface area contributed by atoms with E-state index in [0.717, 1.165) is 0 Å². The number of carbonyl (C=O) groups excluding carboxylic acids is 2.